The van der Waals surface area contributed by atoms with Gasteiger partial charge in [-0.05, 0) is 41.6 Å². The number of aliphatic hydroxyl groups is 1. The van der Waals surface area contributed by atoms with E-state index in [-0.39, 0.29) is 28.7 Å². The van der Waals surface area contributed by atoms with Gasteiger partial charge in [0.2, 0.25) is 0 Å². The van der Waals surface area contributed by atoms with Crippen molar-refractivity contribution in [2.24, 2.45) is 0 Å². The van der Waals surface area contributed by atoms with E-state index in [0.29, 0.717) is 31.9 Å². The molecule has 2 aromatic rings. The van der Waals surface area contributed by atoms with Gasteiger partial charge in [-0.1, -0.05) is 30.3 Å². The molecule has 1 aliphatic heterocycles. The van der Waals surface area contributed by atoms with Gasteiger partial charge in [0, 0.05) is 23.5 Å². The molecule has 2 atom stereocenters. The number of thioether (sulfide) groups is 1. The van der Waals surface area contributed by atoms with Crippen LogP contribution in [0, 0.1) is 0 Å². The zero-order valence-corrected chi connectivity index (χ0v) is 16.2. The monoisotopic (exact) mass is 426 g/mol. The van der Waals surface area contributed by atoms with Crippen molar-refractivity contribution in [3.63, 3.8) is 0 Å². The number of anilines is 1. The maximum Gasteiger partial charge on any atom is 0.446 e. The molecule has 1 aliphatic rings. The van der Waals surface area contributed by atoms with Crippen molar-refractivity contribution in [2.45, 2.75) is 29.0 Å². The van der Waals surface area contributed by atoms with Crippen LogP contribution in [0.2, 0.25) is 0 Å². The average Bonchev–Trinajstić information content (AvgIpc) is 2.69. The van der Waals surface area contributed by atoms with E-state index in [9.17, 15) is 23.1 Å². The molecular formula is C20H21F3N2O3S. The molecule has 1 heterocycles. The van der Waals surface area contributed by atoms with Gasteiger partial charge in [0.1, 0.15) is 0 Å². The van der Waals surface area contributed by atoms with Crippen molar-refractivity contribution in [1.82, 2.24) is 4.90 Å². The van der Waals surface area contributed by atoms with Crippen molar-refractivity contribution < 1.29 is 27.8 Å². The summed E-state index contributed by atoms with van der Waals surface area (Å²) in [4.78, 5) is 14.3. The molecule has 0 aromatic heterocycles. The predicted octanol–water partition coefficient (Wildman–Crippen LogP) is 4.65. The molecule has 9 heteroatoms. The Bertz CT molecular complexity index is 803. The minimum atomic E-state index is -4.36. The molecule has 0 aliphatic carbocycles. The third kappa shape index (κ3) is 6.38. The number of hydrogen-bond donors (Lipinski definition) is 2. The number of amides is 2. The molecule has 2 amide bonds. The van der Waals surface area contributed by atoms with Gasteiger partial charge in [-0.3, -0.25) is 0 Å². The van der Waals surface area contributed by atoms with E-state index in [1.807, 2.05) is 30.3 Å². The van der Waals surface area contributed by atoms with E-state index in [1.54, 1.807) is 4.90 Å². The number of morpholine rings is 1. The third-order valence-electron chi connectivity index (χ3n) is 4.51. The Morgan fingerprint density at radius 2 is 1.90 bits per heavy atom. The fourth-order valence-electron chi connectivity index (χ4n) is 3.12. The molecule has 156 valence electrons. The summed E-state index contributed by atoms with van der Waals surface area (Å²) in [5.74, 6) is 0. The number of urea groups is 1. The van der Waals surface area contributed by atoms with E-state index >= 15 is 0 Å². The van der Waals surface area contributed by atoms with E-state index in [1.165, 1.54) is 24.3 Å². The number of carbonyl (C=O) groups excluding carboxylic acids is 1. The average molecular weight is 426 g/mol. The van der Waals surface area contributed by atoms with Gasteiger partial charge in [0.25, 0.3) is 0 Å². The second-order valence-corrected chi connectivity index (χ2v) is 7.73. The second kappa shape index (κ2) is 9.51. The van der Waals surface area contributed by atoms with Gasteiger partial charge in [0.15, 0.2) is 0 Å². The number of rotatable bonds is 5. The Balaban J connectivity index is 1.62. The van der Waals surface area contributed by atoms with Crippen LogP contribution in [0.5, 0.6) is 0 Å². The topological polar surface area (TPSA) is 61.8 Å². The van der Waals surface area contributed by atoms with Crippen LogP contribution in [-0.2, 0) is 4.74 Å². The molecule has 3 rings (SSSR count). The lowest BCUT2D eigenvalue weighted by Gasteiger charge is -2.36. The minimum absolute atomic E-state index is 0.0470. The molecule has 0 unspecified atom stereocenters. The lowest BCUT2D eigenvalue weighted by Crippen LogP contribution is -2.50. The van der Waals surface area contributed by atoms with Crippen LogP contribution >= 0.6 is 11.8 Å². The molecule has 1 fully saturated rings. The Morgan fingerprint density at radius 1 is 1.21 bits per heavy atom. The van der Waals surface area contributed by atoms with Gasteiger partial charge in [-0.25, -0.2) is 4.79 Å². The first-order chi connectivity index (χ1) is 13.8. The summed E-state index contributed by atoms with van der Waals surface area (Å²) >= 11 is -0.206. The minimum Gasteiger partial charge on any atom is -0.388 e. The number of carbonyl (C=O) groups is 1. The quantitative estimate of drug-likeness (QED) is 0.683. The zero-order valence-electron chi connectivity index (χ0n) is 15.4. The van der Waals surface area contributed by atoms with Gasteiger partial charge in [-0.15, -0.1) is 0 Å². The SMILES string of the molecule is O=C(Nc1ccc(SC(F)(F)F)cc1)N1CCOC[C@H]1C[C@H](O)c1ccccc1. The van der Waals surface area contributed by atoms with Crippen LogP contribution in [0.1, 0.15) is 18.1 Å². The van der Waals surface area contributed by atoms with Crippen LogP contribution in [0.3, 0.4) is 0 Å². The van der Waals surface area contributed by atoms with Crippen LogP contribution in [0.4, 0.5) is 23.7 Å². The molecule has 0 spiro atoms. The Morgan fingerprint density at radius 3 is 2.55 bits per heavy atom. The van der Waals surface area contributed by atoms with Crippen molar-refractivity contribution in [3.05, 3.63) is 60.2 Å². The van der Waals surface area contributed by atoms with Crippen molar-refractivity contribution in [1.29, 1.82) is 0 Å². The molecule has 1 saturated heterocycles. The fourth-order valence-corrected chi connectivity index (χ4v) is 3.66. The summed E-state index contributed by atoms with van der Waals surface area (Å²) < 4.78 is 42.7. The molecular weight excluding hydrogens is 405 g/mol. The molecule has 29 heavy (non-hydrogen) atoms. The molecule has 2 N–H and O–H groups in total. The van der Waals surface area contributed by atoms with E-state index in [4.69, 9.17) is 4.74 Å². The number of nitrogens with zero attached hydrogens (tertiary/aromatic N) is 1. The van der Waals surface area contributed by atoms with Gasteiger partial charge in [0.05, 0.1) is 25.4 Å². The second-order valence-electron chi connectivity index (χ2n) is 6.59. The number of aliphatic hydroxyl groups excluding tert-OH is 1. The van der Waals surface area contributed by atoms with Crippen molar-refractivity contribution in [3.8, 4) is 0 Å². The number of hydrogen-bond acceptors (Lipinski definition) is 4. The standard InChI is InChI=1S/C20H21F3N2O3S/c21-20(22,23)29-17-8-6-15(7-9-17)24-19(27)25-10-11-28-13-16(25)12-18(26)14-4-2-1-3-5-14/h1-9,16,18,26H,10-13H2,(H,24,27)/t16-,18+/m1/s1. The predicted molar refractivity (Wildman–Crippen MR) is 105 cm³/mol. The summed E-state index contributed by atoms with van der Waals surface area (Å²) in [5.41, 5.74) is -3.20. The Kier molecular flexibility index (Phi) is 7.05. The normalized spacial score (nSPS) is 18.3. The fraction of sp³-hybridized carbons (Fsp3) is 0.350. The van der Waals surface area contributed by atoms with Crippen LogP contribution in [0.25, 0.3) is 0 Å². The number of nitrogens with one attached hydrogen (secondary N) is 1. The summed E-state index contributed by atoms with van der Waals surface area (Å²) in [6, 6.07) is 13.9. The lowest BCUT2D eigenvalue weighted by atomic mass is 10.0. The van der Waals surface area contributed by atoms with Gasteiger partial charge < -0.3 is 20.1 Å². The van der Waals surface area contributed by atoms with Crippen molar-refractivity contribution >= 4 is 23.5 Å². The smallest absolute Gasteiger partial charge is 0.388 e. The Hall–Kier alpha value is -2.23. The van der Waals surface area contributed by atoms with Crippen LogP contribution in [-0.4, -0.2) is 47.3 Å². The zero-order chi connectivity index (χ0) is 20.9. The lowest BCUT2D eigenvalue weighted by molar-refractivity contribution is -0.0328. The first-order valence-corrected chi connectivity index (χ1v) is 9.87. The highest BCUT2D eigenvalue weighted by atomic mass is 32.2. The molecule has 0 saturated carbocycles. The number of halogens is 3. The van der Waals surface area contributed by atoms with E-state index < -0.39 is 11.6 Å². The first-order valence-electron chi connectivity index (χ1n) is 9.06. The first kappa shape index (κ1) is 21.5. The summed E-state index contributed by atoms with van der Waals surface area (Å²) in [5, 5.41) is 13.2. The molecule has 0 radical (unpaired) electrons. The summed E-state index contributed by atoms with van der Waals surface area (Å²) in [6.45, 7) is 1.05. The molecule has 5 nitrogen and oxygen atoms in total. The highest BCUT2D eigenvalue weighted by Gasteiger charge is 2.30. The summed E-state index contributed by atoms with van der Waals surface area (Å²) in [7, 11) is 0. The number of ether oxygens (including phenoxy) is 1. The van der Waals surface area contributed by atoms with Crippen LogP contribution < -0.4 is 5.32 Å². The molecule has 2 aromatic carbocycles. The van der Waals surface area contributed by atoms with Crippen LogP contribution in [0.15, 0.2) is 59.5 Å². The number of benzene rings is 2. The molecule has 0 bridgehead atoms. The van der Waals surface area contributed by atoms with E-state index in [0.717, 1.165) is 5.56 Å². The van der Waals surface area contributed by atoms with Gasteiger partial charge >= 0.3 is 11.5 Å². The maximum absolute atomic E-state index is 12.7. The highest BCUT2D eigenvalue weighted by Crippen LogP contribution is 2.37. The summed E-state index contributed by atoms with van der Waals surface area (Å²) in [6.07, 6.45) is -0.421. The third-order valence-corrected chi connectivity index (χ3v) is 5.25. The van der Waals surface area contributed by atoms with Gasteiger partial charge in [-0.2, -0.15) is 13.2 Å². The Labute approximate surface area is 170 Å². The maximum atomic E-state index is 12.7. The number of alkyl halides is 3. The van der Waals surface area contributed by atoms with Crippen molar-refractivity contribution in [2.75, 3.05) is 25.1 Å². The largest absolute Gasteiger partial charge is 0.446 e. The highest BCUT2D eigenvalue weighted by molar-refractivity contribution is 8.00. The van der Waals surface area contributed by atoms with E-state index in [2.05, 4.69) is 5.32 Å².